The lowest BCUT2D eigenvalue weighted by Gasteiger charge is -2.25. The zero-order chi connectivity index (χ0) is 17.1. The molecule has 1 saturated heterocycles. The summed E-state index contributed by atoms with van der Waals surface area (Å²) >= 11 is 6.36. The SMILES string of the molecule is Clc1ccccc1-c1nc(/C=N/NN2CCOCC2)c2ccccn12. The van der Waals surface area contributed by atoms with Crippen LogP contribution in [-0.4, -0.2) is 46.9 Å². The van der Waals surface area contributed by atoms with Crippen molar-refractivity contribution in [3.63, 3.8) is 0 Å². The number of rotatable bonds is 4. The number of ether oxygens (including phenoxy) is 1. The molecule has 128 valence electrons. The van der Waals surface area contributed by atoms with Gasteiger partial charge < -0.3 is 4.74 Å². The van der Waals surface area contributed by atoms with Gasteiger partial charge in [0.2, 0.25) is 0 Å². The van der Waals surface area contributed by atoms with Crippen molar-refractivity contribution in [1.82, 2.24) is 19.9 Å². The first-order valence-corrected chi connectivity index (χ1v) is 8.54. The van der Waals surface area contributed by atoms with Crippen molar-refractivity contribution < 1.29 is 4.74 Å². The summed E-state index contributed by atoms with van der Waals surface area (Å²) in [5.41, 5.74) is 5.70. The fourth-order valence-corrected chi connectivity index (χ4v) is 3.04. The summed E-state index contributed by atoms with van der Waals surface area (Å²) in [6.07, 6.45) is 3.72. The topological polar surface area (TPSA) is 54.2 Å². The van der Waals surface area contributed by atoms with Gasteiger partial charge in [-0.25, -0.2) is 15.5 Å². The monoisotopic (exact) mass is 355 g/mol. The Bertz CT molecular complexity index is 901. The Labute approximate surface area is 150 Å². The Morgan fingerprint density at radius 3 is 2.76 bits per heavy atom. The molecule has 4 rings (SSSR count). The maximum absolute atomic E-state index is 6.36. The molecule has 1 aliphatic rings. The Morgan fingerprint density at radius 2 is 1.92 bits per heavy atom. The highest BCUT2D eigenvalue weighted by atomic mass is 35.5. The second-order valence-electron chi connectivity index (χ2n) is 5.71. The normalized spacial score (nSPS) is 15.9. The minimum atomic E-state index is 0.674. The summed E-state index contributed by atoms with van der Waals surface area (Å²) in [6.45, 7) is 3.05. The van der Waals surface area contributed by atoms with Gasteiger partial charge in [0.15, 0.2) is 0 Å². The van der Waals surface area contributed by atoms with Gasteiger partial charge in [0.25, 0.3) is 0 Å². The quantitative estimate of drug-likeness (QED) is 0.577. The molecule has 0 saturated carbocycles. The lowest BCUT2D eigenvalue weighted by Crippen LogP contribution is -2.43. The minimum absolute atomic E-state index is 0.674. The van der Waals surface area contributed by atoms with Gasteiger partial charge in [-0.15, -0.1) is 0 Å². The van der Waals surface area contributed by atoms with Crippen LogP contribution in [0.2, 0.25) is 5.02 Å². The van der Waals surface area contributed by atoms with Gasteiger partial charge in [0.05, 0.1) is 30.0 Å². The number of pyridine rings is 1. The van der Waals surface area contributed by atoms with Gasteiger partial charge >= 0.3 is 0 Å². The molecular formula is C18H18ClN5O. The van der Waals surface area contributed by atoms with Crippen LogP contribution < -0.4 is 5.53 Å². The molecule has 1 aliphatic heterocycles. The van der Waals surface area contributed by atoms with Crippen LogP contribution in [0.15, 0.2) is 53.8 Å². The summed E-state index contributed by atoms with van der Waals surface area (Å²) in [7, 11) is 0. The van der Waals surface area contributed by atoms with Crippen LogP contribution in [0.25, 0.3) is 16.9 Å². The van der Waals surface area contributed by atoms with E-state index in [1.807, 2.05) is 58.1 Å². The number of benzene rings is 1. The van der Waals surface area contributed by atoms with Crippen molar-refractivity contribution >= 4 is 23.3 Å². The van der Waals surface area contributed by atoms with Crippen molar-refractivity contribution in [1.29, 1.82) is 0 Å². The number of nitrogens with zero attached hydrogens (tertiary/aromatic N) is 4. The predicted molar refractivity (Wildman–Crippen MR) is 98.8 cm³/mol. The van der Waals surface area contributed by atoms with E-state index in [1.165, 1.54) is 0 Å². The molecule has 0 bridgehead atoms. The number of fused-ring (bicyclic) bond motifs is 1. The Balaban J connectivity index is 1.66. The Morgan fingerprint density at radius 1 is 1.12 bits per heavy atom. The molecule has 3 aromatic rings. The second-order valence-corrected chi connectivity index (χ2v) is 6.12. The fraction of sp³-hybridized carbons (Fsp3) is 0.222. The maximum Gasteiger partial charge on any atom is 0.146 e. The molecule has 0 atom stereocenters. The molecular weight excluding hydrogens is 338 g/mol. The number of nitrogens with one attached hydrogen (secondary N) is 1. The number of hydrazone groups is 1. The van der Waals surface area contributed by atoms with E-state index in [2.05, 4.69) is 10.6 Å². The number of hydrazine groups is 1. The van der Waals surface area contributed by atoms with E-state index < -0.39 is 0 Å². The Kier molecular flexibility index (Phi) is 4.65. The van der Waals surface area contributed by atoms with Gasteiger partial charge in [0, 0.05) is 24.8 Å². The number of halogens is 1. The van der Waals surface area contributed by atoms with Gasteiger partial charge in [0.1, 0.15) is 11.5 Å². The fourth-order valence-electron chi connectivity index (χ4n) is 2.82. The van der Waals surface area contributed by atoms with Crippen molar-refractivity contribution in [3.05, 3.63) is 59.4 Å². The van der Waals surface area contributed by atoms with Crippen LogP contribution in [0.4, 0.5) is 0 Å². The molecule has 7 heteroatoms. The largest absolute Gasteiger partial charge is 0.379 e. The van der Waals surface area contributed by atoms with Gasteiger partial charge in [-0.3, -0.25) is 4.40 Å². The lowest BCUT2D eigenvalue weighted by atomic mass is 10.2. The van der Waals surface area contributed by atoms with E-state index in [-0.39, 0.29) is 0 Å². The van der Waals surface area contributed by atoms with E-state index in [0.717, 1.165) is 35.7 Å². The number of aromatic nitrogens is 2. The van der Waals surface area contributed by atoms with Gasteiger partial charge in [-0.05, 0) is 24.3 Å². The average Bonchev–Trinajstić information content (AvgIpc) is 3.02. The second kappa shape index (κ2) is 7.23. The average molecular weight is 356 g/mol. The van der Waals surface area contributed by atoms with Gasteiger partial charge in [-0.2, -0.15) is 5.10 Å². The highest BCUT2D eigenvalue weighted by molar-refractivity contribution is 6.33. The molecule has 2 aromatic heterocycles. The number of morpholine rings is 1. The zero-order valence-electron chi connectivity index (χ0n) is 13.6. The van der Waals surface area contributed by atoms with Crippen LogP contribution in [0, 0.1) is 0 Å². The van der Waals surface area contributed by atoms with E-state index in [1.54, 1.807) is 6.21 Å². The lowest BCUT2D eigenvalue weighted by molar-refractivity contribution is 0.0128. The molecule has 1 fully saturated rings. The summed E-state index contributed by atoms with van der Waals surface area (Å²) < 4.78 is 7.35. The predicted octanol–water partition coefficient (Wildman–Crippen LogP) is 2.83. The summed E-state index contributed by atoms with van der Waals surface area (Å²) in [5, 5.41) is 7.03. The smallest absolute Gasteiger partial charge is 0.146 e. The number of imidazole rings is 1. The molecule has 25 heavy (non-hydrogen) atoms. The van der Waals surface area contributed by atoms with E-state index in [4.69, 9.17) is 21.3 Å². The third kappa shape index (κ3) is 3.37. The number of hydrogen-bond donors (Lipinski definition) is 1. The van der Waals surface area contributed by atoms with E-state index in [0.29, 0.717) is 18.2 Å². The first-order valence-electron chi connectivity index (χ1n) is 8.16. The zero-order valence-corrected chi connectivity index (χ0v) is 14.4. The van der Waals surface area contributed by atoms with E-state index in [9.17, 15) is 0 Å². The molecule has 1 N–H and O–H groups in total. The first kappa shape index (κ1) is 16.1. The molecule has 0 amide bonds. The van der Waals surface area contributed by atoms with Crippen molar-refractivity contribution in [2.45, 2.75) is 0 Å². The third-order valence-corrected chi connectivity index (χ3v) is 4.42. The highest BCUT2D eigenvalue weighted by Crippen LogP contribution is 2.28. The van der Waals surface area contributed by atoms with Crippen LogP contribution in [0.5, 0.6) is 0 Å². The Hall–Kier alpha value is -2.41. The molecule has 0 aliphatic carbocycles. The van der Waals surface area contributed by atoms with Crippen molar-refractivity contribution in [2.75, 3.05) is 26.3 Å². The van der Waals surface area contributed by atoms with Crippen LogP contribution in [0.1, 0.15) is 5.69 Å². The van der Waals surface area contributed by atoms with Crippen LogP contribution in [0.3, 0.4) is 0 Å². The minimum Gasteiger partial charge on any atom is -0.379 e. The summed E-state index contributed by atoms with van der Waals surface area (Å²) in [6, 6.07) is 13.7. The summed E-state index contributed by atoms with van der Waals surface area (Å²) in [5.74, 6) is 0.800. The molecule has 6 nitrogen and oxygen atoms in total. The van der Waals surface area contributed by atoms with Crippen molar-refractivity contribution in [2.24, 2.45) is 5.10 Å². The molecule has 3 heterocycles. The van der Waals surface area contributed by atoms with Crippen LogP contribution in [-0.2, 0) is 4.74 Å². The van der Waals surface area contributed by atoms with Gasteiger partial charge in [-0.1, -0.05) is 29.8 Å². The third-order valence-electron chi connectivity index (χ3n) is 4.09. The standard InChI is InChI=1S/C18H18ClN5O/c19-15-6-2-1-5-14(15)18-21-16(17-7-3-4-8-24(17)18)13-20-22-23-9-11-25-12-10-23/h1-8,13,22H,9-12H2/b20-13+. The van der Waals surface area contributed by atoms with Crippen LogP contribution >= 0.6 is 11.6 Å². The number of hydrogen-bond acceptors (Lipinski definition) is 5. The highest BCUT2D eigenvalue weighted by Gasteiger charge is 2.13. The molecule has 0 radical (unpaired) electrons. The first-order chi connectivity index (χ1) is 12.3. The van der Waals surface area contributed by atoms with Crippen molar-refractivity contribution in [3.8, 4) is 11.4 Å². The molecule has 1 aromatic carbocycles. The molecule has 0 spiro atoms. The summed E-state index contributed by atoms with van der Waals surface area (Å²) in [4.78, 5) is 4.75. The van der Waals surface area contributed by atoms with E-state index >= 15 is 0 Å². The maximum atomic E-state index is 6.36. The molecule has 0 unspecified atom stereocenters.